The molecule has 0 aromatic rings. The second-order valence-electron chi connectivity index (χ2n) is 4.90. The summed E-state index contributed by atoms with van der Waals surface area (Å²) in [6.45, 7) is 4.28. The van der Waals surface area contributed by atoms with Gasteiger partial charge in [0.1, 0.15) is 0 Å². The normalized spacial score (nSPS) is 21.9. The number of hydrogen-bond acceptors (Lipinski definition) is 2. The molecule has 86 valence electrons. The Bertz CT molecular complexity index is 201. The Labute approximate surface area is 94.1 Å². The van der Waals surface area contributed by atoms with Crippen molar-refractivity contribution >= 4 is 0 Å². The zero-order valence-electron chi connectivity index (χ0n) is 10.1. The lowest BCUT2D eigenvalue weighted by molar-refractivity contribution is 0.299. The molecular weight excluding hydrogens is 184 g/mol. The van der Waals surface area contributed by atoms with E-state index in [0.717, 1.165) is 12.3 Å². The smallest absolute Gasteiger partial charge is 0.0952 e. The predicted octanol–water partition coefficient (Wildman–Crippen LogP) is 3.24. The molecule has 1 saturated carbocycles. The summed E-state index contributed by atoms with van der Waals surface area (Å²) in [4.78, 5) is 0. The topological polar surface area (TPSA) is 35.8 Å². The summed E-state index contributed by atoms with van der Waals surface area (Å²) in [5.41, 5.74) is 0. The van der Waals surface area contributed by atoms with Crippen molar-refractivity contribution in [3.63, 3.8) is 0 Å². The van der Waals surface area contributed by atoms with E-state index >= 15 is 0 Å². The molecule has 1 fully saturated rings. The van der Waals surface area contributed by atoms with E-state index < -0.39 is 0 Å². The van der Waals surface area contributed by atoms with Crippen LogP contribution in [0.25, 0.3) is 0 Å². The first-order valence-electron chi connectivity index (χ1n) is 6.42. The molecule has 2 atom stereocenters. The molecule has 15 heavy (non-hydrogen) atoms. The fraction of sp³-hybridized carbons (Fsp3) is 0.923. The molecular formula is C13H24N2. The van der Waals surface area contributed by atoms with Crippen LogP contribution < -0.4 is 5.32 Å². The molecule has 0 radical (unpaired) electrons. The van der Waals surface area contributed by atoms with Gasteiger partial charge in [-0.3, -0.25) is 5.32 Å². The maximum Gasteiger partial charge on any atom is 0.0952 e. The molecule has 0 heterocycles. The highest BCUT2D eigenvalue weighted by atomic mass is 14.9. The van der Waals surface area contributed by atoms with Crippen molar-refractivity contribution in [1.29, 1.82) is 5.26 Å². The van der Waals surface area contributed by atoms with Crippen LogP contribution in [0, 0.1) is 17.2 Å². The third kappa shape index (κ3) is 4.66. The zero-order chi connectivity index (χ0) is 11.1. The fourth-order valence-corrected chi connectivity index (χ4v) is 2.58. The molecule has 0 saturated heterocycles. The highest BCUT2D eigenvalue weighted by molar-refractivity contribution is 4.90. The lowest BCUT2D eigenvalue weighted by Gasteiger charge is -2.26. The van der Waals surface area contributed by atoms with Gasteiger partial charge in [0.05, 0.1) is 12.1 Å². The van der Waals surface area contributed by atoms with Gasteiger partial charge in [-0.15, -0.1) is 0 Å². The monoisotopic (exact) mass is 208 g/mol. The standard InChI is InChI=1S/C13H24N2/c1-3-13(10-14)15-11(2)9-12-7-5-4-6-8-12/h11-13,15H,3-9H2,1-2H3. The van der Waals surface area contributed by atoms with Crippen LogP contribution in [0.5, 0.6) is 0 Å². The molecule has 1 aliphatic rings. The maximum absolute atomic E-state index is 8.87. The van der Waals surface area contributed by atoms with Crippen molar-refractivity contribution in [3.8, 4) is 6.07 Å². The molecule has 1 aliphatic carbocycles. The lowest BCUT2D eigenvalue weighted by Crippen LogP contribution is -2.36. The quantitative estimate of drug-likeness (QED) is 0.753. The van der Waals surface area contributed by atoms with E-state index in [4.69, 9.17) is 5.26 Å². The summed E-state index contributed by atoms with van der Waals surface area (Å²) in [6, 6.07) is 2.85. The molecule has 2 nitrogen and oxygen atoms in total. The predicted molar refractivity (Wildman–Crippen MR) is 63.5 cm³/mol. The SMILES string of the molecule is CCC(C#N)NC(C)CC1CCCCC1. The average Bonchev–Trinajstić information content (AvgIpc) is 2.27. The first-order valence-corrected chi connectivity index (χ1v) is 6.42. The Morgan fingerprint density at radius 3 is 2.53 bits per heavy atom. The number of nitrogens with zero attached hydrogens (tertiary/aromatic N) is 1. The van der Waals surface area contributed by atoms with Crippen LogP contribution in [0.15, 0.2) is 0 Å². The Kier molecular flexibility index (Phi) is 5.71. The van der Waals surface area contributed by atoms with E-state index in [2.05, 4.69) is 25.2 Å². The summed E-state index contributed by atoms with van der Waals surface area (Å²) in [6.07, 6.45) is 9.20. The molecule has 0 amide bonds. The molecule has 1 N–H and O–H groups in total. The molecule has 0 bridgehead atoms. The van der Waals surface area contributed by atoms with E-state index in [1.54, 1.807) is 0 Å². The van der Waals surface area contributed by atoms with Gasteiger partial charge in [0.15, 0.2) is 0 Å². The number of hydrogen-bond donors (Lipinski definition) is 1. The number of nitrogens with one attached hydrogen (secondary N) is 1. The van der Waals surface area contributed by atoms with Gasteiger partial charge in [0.2, 0.25) is 0 Å². The fourth-order valence-electron chi connectivity index (χ4n) is 2.58. The minimum Gasteiger partial charge on any atom is -0.299 e. The van der Waals surface area contributed by atoms with Gasteiger partial charge in [-0.2, -0.15) is 5.26 Å². The Morgan fingerprint density at radius 2 is 2.00 bits per heavy atom. The lowest BCUT2D eigenvalue weighted by atomic mass is 9.85. The van der Waals surface area contributed by atoms with E-state index in [0.29, 0.717) is 6.04 Å². The van der Waals surface area contributed by atoms with Crippen LogP contribution >= 0.6 is 0 Å². The zero-order valence-corrected chi connectivity index (χ0v) is 10.1. The summed E-state index contributed by atoms with van der Waals surface area (Å²) in [5.74, 6) is 0.900. The van der Waals surface area contributed by atoms with Gasteiger partial charge in [0.25, 0.3) is 0 Å². The van der Waals surface area contributed by atoms with Gasteiger partial charge in [-0.1, -0.05) is 39.0 Å². The first kappa shape index (κ1) is 12.5. The first-order chi connectivity index (χ1) is 7.26. The van der Waals surface area contributed by atoms with Crippen molar-refractivity contribution in [2.24, 2.45) is 5.92 Å². The van der Waals surface area contributed by atoms with Crippen molar-refractivity contribution in [2.45, 2.75) is 70.9 Å². The second-order valence-corrected chi connectivity index (χ2v) is 4.90. The van der Waals surface area contributed by atoms with Gasteiger partial charge in [0, 0.05) is 6.04 Å². The third-order valence-electron chi connectivity index (χ3n) is 3.46. The van der Waals surface area contributed by atoms with Crippen LogP contribution in [-0.2, 0) is 0 Å². The summed E-state index contributed by atoms with van der Waals surface area (Å²) in [5, 5.41) is 12.3. The summed E-state index contributed by atoms with van der Waals surface area (Å²) < 4.78 is 0. The van der Waals surface area contributed by atoms with Crippen molar-refractivity contribution in [3.05, 3.63) is 0 Å². The van der Waals surface area contributed by atoms with Gasteiger partial charge in [-0.05, 0) is 25.7 Å². The van der Waals surface area contributed by atoms with Crippen LogP contribution in [0.2, 0.25) is 0 Å². The molecule has 2 heteroatoms. The molecule has 0 aromatic heterocycles. The van der Waals surface area contributed by atoms with Gasteiger partial charge in [-0.25, -0.2) is 0 Å². The molecule has 0 aliphatic heterocycles. The average molecular weight is 208 g/mol. The van der Waals surface area contributed by atoms with Crippen molar-refractivity contribution < 1.29 is 0 Å². The highest BCUT2D eigenvalue weighted by Gasteiger charge is 2.17. The third-order valence-corrected chi connectivity index (χ3v) is 3.46. The van der Waals surface area contributed by atoms with Crippen LogP contribution in [0.3, 0.4) is 0 Å². The van der Waals surface area contributed by atoms with Crippen molar-refractivity contribution in [1.82, 2.24) is 5.32 Å². The number of nitriles is 1. The van der Waals surface area contributed by atoms with E-state index in [9.17, 15) is 0 Å². The molecule has 0 aromatic carbocycles. The maximum atomic E-state index is 8.87. The molecule has 0 spiro atoms. The second kappa shape index (κ2) is 6.85. The largest absolute Gasteiger partial charge is 0.299 e. The Morgan fingerprint density at radius 1 is 1.33 bits per heavy atom. The van der Waals surface area contributed by atoms with Crippen LogP contribution in [-0.4, -0.2) is 12.1 Å². The minimum absolute atomic E-state index is 0.0450. The van der Waals surface area contributed by atoms with Crippen molar-refractivity contribution in [2.75, 3.05) is 0 Å². The number of rotatable bonds is 5. The minimum atomic E-state index is 0.0450. The summed E-state index contributed by atoms with van der Waals surface area (Å²) >= 11 is 0. The summed E-state index contributed by atoms with van der Waals surface area (Å²) in [7, 11) is 0. The van der Waals surface area contributed by atoms with Crippen LogP contribution in [0.1, 0.15) is 58.8 Å². The highest BCUT2D eigenvalue weighted by Crippen LogP contribution is 2.27. The molecule has 1 rings (SSSR count). The van der Waals surface area contributed by atoms with E-state index in [1.165, 1.54) is 38.5 Å². The van der Waals surface area contributed by atoms with E-state index in [1.807, 2.05) is 0 Å². The Balaban J connectivity index is 2.22. The van der Waals surface area contributed by atoms with E-state index in [-0.39, 0.29) is 6.04 Å². The van der Waals surface area contributed by atoms with Gasteiger partial charge >= 0.3 is 0 Å². The van der Waals surface area contributed by atoms with Gasteiger partial charge < -0.3 is 0 Å². The Hall–Kier alpha value is -0.550. The van der Waals surface area contributed by atoms with Crippen LogP contribution in [0.4, 0.5) is 0 Å². The molecule has 2 unspecified atom stereocenters.